The number of hydrogen-bond acceptors (Lipinski definition) is 3. The molecule has 1 rings (SSSR count). The van der Waals surface area contributed by atoms with E-state index in [4.69, 9.17) is 18.0 Å². The van der Waals surface area contributed by atoms with Crippen molar-refractivity contribution in [3.8, 4) is 0 Å². The molecule has 1 fully saturated rings. The molecule has 0 spiro atoms. The van der Waals surface area contributed by atoms with Gasteiger partial charge in [0.2, 0.25) is 10.0 Å². The molecule has 0 unspecified atom stereocenters. The molecule has 17 heavy (non-hydrogen) atoms. The largest absolute Gasteiger partial charge is 0.393 e. The van der Waals surface area contributed by atoms with Crippen molar-refractivity contribution >= 4 is 27.2 Å². The highest BCUT2D eigenvalue weighted by atomic mass is 32.2. The van der Waals surface area contributed by atoms with Gasteiger partial charge in [-0.25, -0.2) is 8.42 Å². The molecule has 1 aliphatic rings. The molecular weight excluding hydrogens is 256 g/mol. The summed E-state index contributed by atoms with van der Waals surface area (Å²) in [6.07, 6.45) is 2.39. The molecule has 0 amide bonds. The summed E-state index contributed by atoms with van der Waals surface area (Å²) in [5, 5.41) is 0. The fourth-order valence-corrected chi connectivity index (χ4v) is 4.15. The van der Waals surface area contributed by atoms with Gasteiger partial charge in [-0.3, -0.25) is 0 Å². The van der Waals surface area contributed by atoms with E-state index in [1.165, 1.54) is 0 Å². The summed E-state index contributed by atoms with van der Waals surface area (Å²) in [7, 11) is -3.19. The molecule has 100 valence electrons. The van der Waals surface area contributed by atoms with Crippen LogP contribution in [0, 0.1) is 5.41 Å². The first-order valence-electron chi connectivity index (χ1n) is 5.90. The standard InChI is InChI=1S/C11H22N2O2S2/c1-11(2,3)8-17(14,15)13(9-4-5-9)7-6-10(12)16/h9H,4-8H2,1-3H3,(H2,12,16). The quantitative estimate of drug-likeness (QED) is 0.748. The predicted molar refractivity (Wildman–Crippen MR) is 74.4 cm³/mol. The van der Waals surface area contributed by atoms with E-state index in [-0.39, 0.29) is 17.2 Å². The van der Waals surface area contributed by atoms with Gasteiger partial charge < -0.3 is 5.73 Å². The zero-order valence-electron chi connectivity index (χ0n) is 10.8. The van der Waals surface area contributed by atoms with E-state index >= 15 is 0 Å². The van der Waals surface area contributed by atoms with Crippen LogP contribution in [0.3, 0.4) is 0 Å². The summed E-state index contributed by atoms with van der Waals surface area (Å²) in [5.41, 5.74) is 5.21. The molecule has 0 bridgehead atoms. The Balaban J connectivity index is 2.72. The molecule has 0 aromatic heterocycles. The van der Waals surface area contributed by atoms with Crippen LogP contribution in [0.1, 0.15) is 40.0 Å². The van der Waals surface area contributed by atoms with E-state index in [2.05, 4.69) is 0 Å². The highest BCUT2D eigenvalue weighted by Crippen LogP contribution is 2.31. The topological polar surface area (TPSA) is 63.4 Å². The van der Waals surface area contributed by atoms with Gasteiger partial charge in [-0.1, -0.05) is 33.0 Å². The van der Waals surface area contributed by atoms with Gasteiger partial charge in [-0.15, -0.1) is 0 Å². The molecule has 6 heteroatoms. The molecule has 0 aromatic carbocycles. The first-order valence-corrected chi connectivity index (χ1v) is 7.91. The van der Waals surface area contributed by atoms with Crippen molar-refractivity contribution in [1.29, 1.82) is 0 Å². The van der Waals surface area contributed by atoms with Crippen molar-refractivity contribution < 1.29 is 8.42 Å². The Morgan fingerprint density at radius 3 is 2.29 bits per heavy atom. The second-order valence-electron chi connectivity index (χ2n) is 5.88. The highest BCUT2D eigenvalue weighted by Gasteiger charge is 2.38. The minimum absolute atomic E-state index is 0.174. The molecule has 2 N–H and O–H groups in total. The SMILES string of the molecule is CC(C)(C)CS(=O)(=O)N(CCC(N)=S)C1CC1. The van der Waals surface area contributed by atoms with Gasteiger partial charge in [0.15, 0.2) is 0 Å². The van der Waals surface area contributed by atoms with Crippen LogP contribution in [0.25, 0.3) is 0 Å². The van der Waals surface area contributed by atoms with E-state index in [9.17, 15) is 8.42 Å². The Labute approximate surface area is 110 Å². The maximum Gasteiger partial charge on any atom is 0.214 e. The summed E-state index contributed by atoms with van der Waals surface area (Å²) in [5.74, 6) is 0.174. The van der Waals surface area contributed by atoms with E-state index < -0.39 is 10.0 Å². The summed E-state index contributed by atoms with van der Waals surface area (Å²) >= 11 is 4.81. The number of rotatable bonds is 6. The van der Waals surface area contributed by atoms with Crippen LogP contribution < -0.4 is 5.73 Å². The lowest BCUT2D eigenvalue weighted by atomic mass is 10.0. The summed E-state index contributed by atoms with van der Waals surface area (Å²) in [6.45, 7) is 6.23. The average Bonchev–Trinajstić information content (AvgIpc) is 2.81. The van der Waals surface area contributed by atoms with Crippen molar-refractivity contribution in [2.45, 2.75) is 46.1 Å². The molecule has 0 radical (unpaired) electrons. The predicted octanol–water partition coefficient (Wildman–Crippen LogP) is 1.50. The normalized spacial score (nSPS) is 17.4. The van der Waals surface area contributed by atoms with E-state index in [0.717, 1.165) is 12.8 Å². The minimum atomic E-state index is -3.19. The molecule has 0 atom stereocenters. The van der Waals surface area contributed by atoms with Gasteiger partial charge in [0, 0.05) is 19.0 Å². The van der Waals surface area contributed by atoms with Gasteiger partial charge in [0.05, 0.1) is 10.7 Å². The lowest BCUT2D eigenvalue weighted by Gasteiger charge is -2.26. The first kappa shape index (κ1) is 14.9. The molecular formula is C11H22N2O2S2. The van der Waals surface area contributed by atoms with Gasteiger partial charge in [-0.05, 0) is 18.3 Å². The summed E-state index contributed by atoms with van der Waals surface area (Å²) < 4.78 is 26.2. The van der Waals surface area contributed by atoms with Crippen LogP contribution in [0.5, 0.6) is 0 Å². The Morgan fingerprint density at radius 1 is 1.41 bits per heavy atom. The second-order valence-corrected chi connectivity index (χ2v) is 8.32. The van der Waals surface area contributed by atoms with Crippen LogP contribution in [0.2, 0.25) is 0 Å². The fraction of sp³-hybridized carbons (Fsp3) is 0.909. The maximum absolute atomic E-state index is 12.3. The number of sulfonamides is 1. The number of nitrogens with zero attached hydrogens (tertiary/aromatic N) is 1. The highest BCUT2D eigenvalue weighted by molar-refractivity contribution is 7.89. The third-order valence-corrected chi connectivity index (χ3v) is 5.14. The van der Waals surface area contributed by atoms with Gasteiger partial charge in [-0.2, -0.15) is 4.31 Å². The van der Waals surface area contributed by atoms with Crippen LogP contribution in [0.15, 0.2) is 0 Å². The molecule has 0 aromatic rings. The van der Waals surface area contributed by atoms with Crippen molar-refractivity contribution in [3.63, 3.8) is 0 Å². The summed E-state index contributed by atoms with van der Waals surface area (Å²) in [4.78, 5) is 0.376. The van der Waals surface area contributed by atoms with E-state index in [0.29, 0.717) is 18.0 Å². The van der Waals surface area contributed by atoms with Crippen LogP contribution in [0.4, 0.5) is 0 Å². The van der Waals surface area contributed by atoms with Crippen molar-refractivity contribution in [2.24, 2.45) is 11.1 Å². The lowest BCUT2D eigenvalue weighted by Crippen LogP contribution is -2.40. The Morgan fingerprint density at radius 2 is 1.94 bits per heavy atom. The Bertz CT molecular complexity index is 381. The number of nitrogens with two attached hydrogens (primary N) is 1. The fourth-order valence-electron chi connectivity index (χ4n) is 1.76. The molecule has 1 aliphatic carbocycles. The average molecular weight is 278 g/mol. The third-order valence-electron chi connectivity index (χ3n) is 2.51. The van der Waals surface area contributed by atoms with Gasteiger partial charge in [0.25, 0.3) is 0 Å². The second kappa shape index (κ2) is 5.20. The Kier molecular flexibility index (Phi) is 4.54. The molecule has 0 aliphatic heterocycles. The van der Waals surface area contributed by atoms with Crippen LogP contribution in [-0.4, -0.2) is 36.1 Å². The zero-order chi connectivity index (χ0) is 13.3. The van der Waals surface area contributed by atoms with E-state index in [1.807, 2.05) is 20.8 Å². The maximum atomic E-state index is 12.3. The van der Waals surface area contributed by atoms with Gasteiger partial charge >= 0.3 is 0 Å². The zero-order valence-corrected chi connectivity index (χ0v) is 12.4. The summed E-state index contributed by atoms with van der Waals surface area (Å²) in [6, 6.07) is 0.177. The van der Waals surface area contributed by atoms with E-state index in [1.54, 1.807) is 4.31 Å². The smallest absolute Gasteiger partial charge is 0.214 e. The van der Waals surface area contributed by atoms with Crippen molar-refractivity contribution in [2.75, 3.05) is 12.3 Å². The first-order chi connectivity index (χ1) is 7.62. The van der Waals surface area contributed by atoms with Crippen molar-refractivity contribution in [1.82, 2.24) is 4.31 Å². The molecule has 0 saturated heterocycles. The van der Waals surface area contributed by atoms with Crippen molar-refractivity contribution in [3.05, 3.63) is 0 Å². The lowest BCUT2D eigenvalue weighted by molar-refractivity contribution is 0.389. The van der Waals surface area contributed by atoms with Gasteiger partial charge in [0.1, 0.15) is 0 Å². The molecule has 4 nitrogen and oxygen atoms in total. The monoisotopic (exact) mass is 278 g/mol. The third kappa shape index (κ3) is 5.31. The van der Waals surface area contributed by atoms with Crippen LogP contribution in [-0.2, 0) is 10.0 Å². The number of hydrogen-bond donors (Lipinski definition) is 1. The molecule has 1 saturated carbocycles. The Hall–Kier alpha value is -0.200. The molecule has 0 heterocycles. The minimum Gasteiger partial charge on any atom is -0.393 e. The number of thiocarbonyl (C=S) groups is 1. The van der Waals surface area contributed by atoms with Crippen LogP contribution >= 0.6 is 12.2 Å².